The fourth-order valence-electron chi connectivity index (χ4n) is 3.32. The van der Waals surface area contributed by atoms with Gasteiger partial charge in [0.15, 0.2) is 0 Å². The lowest BCUT2D eigenvalue weighted by Crippen LogP contribution is -2.55. The lowest BCUT2D eigenvalue weighted by molar-refractivity contribution is -0.139. The zero-order chi connectivity index (χ0) is 20.0. The van der Waals surface area contributed by atoms with Gasteiger partial charge < -0.3 is 15.1 Å². The van der Waals surface area contributed by atoms with E-state index < -0.39 is 6.04 Å². The lowest BCUT2D eigenvalue weighted by Gasteiger charge is -2.35. The van der Waals surface area contributed by atoms with Crippen molar-refractivity contribution >= 4 is 11.8 Å². The van der Waals surface area contributed by atoms with Gasteiger partial charge in [-0.3, -0.25) is 9.59 Å². The lowest BCUT2D eigenvalue weighted by atomic mass is 9.98. The maximum absolute atomic E-state index is 13.0. The molecular weight excluding hydrogens is 345 g/mol. The minimum atomic E-state index is -0.489. The highest BCUT2D eigenvalue weighted by Gasteiger charge is 2.29. The van der Waals surface area contributed by atoms with E-state index in [1.807, 2.05) is 18.9 Å². The molecule has 1 N–H and O–H groups in total. The predicted molar refractivity (Wildman–Crippen MR) is 105 cm³/mol. The Morgan fingerprint density at radius 1 is 1.07 bits per heavy atom. The summed E-state index contributed by atoms with van der Waals surface area (Å²) in [5.41, 5.74) is 0.907. The van der Waals surface area contributed by atoms with Gasteiger partial charge in [0.1, 0.15) is 11.9 Å². The van der Waals surface area contributed by atoms with E-state index in [-0.39, 0.29) is 23.5 Å². The number of hydrogen-bond acceptors (Lipinski definition) is 3. The van der Waals surface area contributed by atoms with E-state index in [9.17, 15) is 14.0 Å². The summed E-state index contributed by atoms with van der Waals surface area (Å²) in [5, 5.41) is 2.97. The molecule has 1 aliphatic heterocycles. The number of halogens is 1. The summed E-state index contributed by atoms with van der Waals surface area (Å²) in [5.74, 6) is -0.387. The van der Waals surface area contributed by atoms with Crippen molar-refractivity contribution in [3.8, 4) is 0 Å². The first-order chi connectivity index (χ1) is 12.8. The van der Waals surface area contributed by atoms with Crippen molar-refractivity contribution in [3.63, 3.8) is 0 Å². The largest absolute Gasteiger partial charge is 0.344 e. The van der Waals surface area contributed by atoms with E-state index in [0.29, 0.717) is 31.8 Å². The summed E-state index contributed by atoms with van der Waals surface area (Å²) in [7, 11) is 2.05. The third-order valence-electron chi connectivity index (χ3n) is 5.04. The fourth-order valence-corrected chi connectivity index (χ4v) is 3.32. The second kappa shape index (κ2) is 9.83. The van der Waals surface area contributed by atoms with Crippen LogP contribution >= 0.6 is 0 Å². The Balaban J connectivity index is 1.97. The Bertz CT molecular complexity index is 625. The van der Waals surface area contributed by atoms with Crippen LogP contribution in [-0.2, 0) is 16.0 Å². The van der Waals surface area contributed by atoms with Gasteiger partial charge in [-0.05, 0) is 43.5 Å². The Morgan fingerprint density at radius 2 is 1.67 bits per heavy atom. The van der Waals surface area contributed by atoms with Gasteiger partial charge in [-0.25, -0.2) is 4.39 Å². The van der Waals surface area contributed by atoms with Crippen molar-refractivity contribution in [2.75, 3.05) is 33.2 Å². The number of amides is 2. The number of carbonyl (C=O) groups excluding carboxylic acids is 2. The Morgan fingerprint density at radius 3 is 2.22 bits per heavy atom. The van der Waals surface area contributed by atoms with Crippen LogP contribution in [0.5, 0.6) is 0 Å². The number of carbonyl (C=O) groups is 2. The van der Waals surface area contributed by atoms with Gasteiger partial charge in [-0.2, -0.15) is 0 Å². The van der Waals surface area contributed by atoms with Crippen LogP contribution in [0.25, 0.3) is 0 Å². The maximum Gasteiger partial charge on any atom is 0.245 e. The van der Waals surface area contributed by atoms with Gasteiger partial charge in [-0.1, -0.05) is 32.9 Å². The molecule has 2 amide bonds. The molecule has 1 aliphatic rings. The third kappa shape index (κ3) is 6.61. The van der Waals surface area contributed by atoms with Gasteiger partial charge >= 0.3 is 0 Å². The van der Waals surface area contributed by atoms with Gasteiger partial charge in [0.2, 0.25) is 11.8 Å². The van der Waals surface area contributed by atoms with Crippen LogP contribution in [-0.4, -0.2) is 60.9 Å². The molecule has 1 saturated heterocycles. The number of piperazine rings is 1. The monoisotopic (exact) mass is 377 g/mol. The van der Waals surface area contributed by atoms with E-state index in [2.05, 4.69) is 24.1 Å². The van der Waals surface area contributed by atoms with Crippen molar-refractivity contribution in [1.29, 1.82) is 0 Å². The SMILES string of the molecule is CC(C)C[C@H](NC(=O)C(C)Cc1ccc(F)cc1)C(=O)N1CCN(C)CC1. The highest BCUT2D eigenvalue weighted by Crippen LogP contribution is 2.14. The first kappa shape index (κ1) is 21.4. The van der Waals surface area contributed by atoms with Gasteiger partial charge in [0.05, 0.1) is 0 Å². The van der Waals surface area contributed by atoms with Gasteiger partial charge in [0, 0.05) is 32.1 Å². The quantitative estimate of drug-likeness (QED) is 0.793. The topological polar surface area (TPSA) is 52.7 Å². The maximum atomic E-state index is 13.0. The highest BCUT2D eigenvalue weighted by molar-refractivity contribution is 5.88. The van der Waals surface area contributed by atoms with Crippen molar-refractivity contribution in [2.45, 2.75) is 39.7 Å². The first-order valence-corrected chi connectivity index (χ1v) is 9.78. The minimum Gasteiger partial charge on any atom is -0.344 e. The third-order valence-corrected chi connectivity index (χ3v) is 5.04. The van der Waals surface area contributed by atoms with Crippen molar-refractivity contribution in [2.24, 2.45) is 11.8 Å². The van der Waals surface area contributed by atoms with Gasteiger partial charge in [-0.15, -0.1) is 0 Å². The van der Waals surface area contributed by atoms with Crippen LogP contribution in [0.4, 0.5) is 4.39 Å². The summed E-state index contributed by atoms with van der Waals surface area (Å²) in [6, 6.07) is 5.70. The van der Waals surface area contributed by atoms with E-state index in [1.54, 1.807) is 12.1 Å². The van der Waals surface area contributed by atoms with Crippen LogP contribution in [0.3, 0.4) is 0 Å². The molecule has 1 unspecified atom stereocenters. The number of benzene rings is 1. The van der Waals surface area contributed by atoms with Crippen molar-refractivity contribution in [3.05, 3.63) is 35.6 Å². The van der Waals surface area contributed by atoms with Crippen LogP contribution in [0.2, 0.25) is 0 Å². The molecular formula is C21H32FN3O2. The molecule has 27 heavy (non-hydrogen) atoms. The summed E-state index contributed by atoms with van der Waals surface area (Å²) >= 11 is 0. The molecule has 1 heterocycles. The second-order valence-electron chi connectivity index (χ2n) is 8.05. The summed E-state index contributed by atoms with van der Waals surface area (Å²) in [6.45, 7) is 9.06. The van der Waals surface area contributed by atoms with E-state index in [1.165, 1.54) is 12.1 Å². The number of nitrogens with zero attached hydrogens (tertiary/aromatic N) is 2. The standard InChI is InChI=1S/C21H32FN3O2/c1-15(2)13-19(21(27)25-11-9-24(4)10-12-25)23-20(26)16(3)14-17-5-7-18(22)8-6-17/h5-8,15-16,19H,9-14H2,1-4H3,(H,23,26)/t16?,19-/m0/s1. The molecule has 0 aliphatic carbocycles. The smallest absolute Gasteiger partial charge is 0.245 e. The molecule has 2 rings (SSSR count). The molecule has 0 aromatic heterocycles. The Kier molecular flexibility index (Phi) is 7.78. The molecule has 5 nitrogen and oxygen atoms in total. The Labute approximate surface area is 161 Å². The molecule has 0 radical (unpaired) electrons. The molecule has 6 heteroatoms. The average Bonchev–Trinajstić information content (AvgIpc) is 2.62. The molecule has 1 fully saturated rings. The summed E-state index contributed by atoms with van der Waals surface area (Å²) < 4.78 is 13.0. The predicted octanol–water partition coefficient (Wildman–Crippen LogP) is 2.31. The highest BCUT2D eigenvalue weighted by atomic mass is 19.1. The number of nitrogens with one attached hydrogen (secondary N) is 1. The molecule has 1 aromatic carbocycles. The van der Waals surface area contributed by atoms with E-state index >= 15 is 0 Å². The normalized spacial score (nSPS) is 17.6. The number of hydrogen-bond donors (Lipinski definition) is 1. The van der Waals surface area contributed by atoms with E-state index in [4.69, 9.17) is 0 Å². The molecule has 0 spiro atoms. The average molecular weight is 378 g/mol. The van der Waals surface area contributed by atoms with Crippen molar-refractivity contribution < 1.29 is 14.0 Å². The molecule has 0 bridgehead atoms. The molecule has 2 atom stereocenters. The van der Waals surface area contributed by atoms with Crippen LogP contribution < -0.4 is 5.32 Å². The molecule has 0 saturated carbocycles. The van der Waals surface area contributed by atoms with Crippen molar-refractivity contribution in [1.82, 2.24) is 15.1 Å². The van der Waals surface area contributed by atoms with Gasteiger partial charge in [0.25, 0.3) is 0 Å². The first-order valence-electron chi connectivity index (χ1n) is 9.78. The summed E-state index contributed by atoms with van der Waals surface area (Å²) in [6.07, 6.45) is 1.14. The molecule has 150 valence electrons. The van der Waals surface area contributed by atoms with Crippen LogP contribution in [0.15, 0.2) is 24.3 Å². The van der Waals surface area contributed by atoms with E-state index in [0.717, 1.165) is 18.7 Å². The summed E-state index contributed by atoms with van der Waals surface area (Å²) in [4.78, 5) is 29.7. The second-order valence-corrected chi connectivity index (χ2v) is 8.05. The number of likely N-dealkylation sites (N-methyl/N-ethyl adjacent to an activating group) is 1. The molecule has 1 aromatic rings. The van der Waals surface area contributed by atoms with Crippen LogP contribution in [0.1, 0.15) is 32.8 Å². The fraction of sp³-hybridized carbons (Fsp3) is 0.619. The zero-order valence-corrected chi connectivity index (χ0v) is 16.9. The van der Waals surface area contributed by atoms with Crippen LogP contribution in [0, 0.1) is 17.7 Å². The minimum absolute atomic E-state index is 0.0131. The number of rotatable bonds is 7. The zero-order valence-electron chi connectivity index (χ0n) is 16.9. The Hall–Kier alpha value is -1.95.